The lowest BCUT2D eigenvalue weighted by Gasteiger charge is -2.47. The maximum atomic E-state index is 6.47. The number of nitrogens with zero attached hydrogens (tertiary/aromatic N) is 1. The van der Waals surface area contributed by atoms with E-state index >= 15 is 0 Å². The Bertz CT molecular complexity index is 299. The molecule has 2 heteroatoms. The molecule has 0 radical (unpaired) electrons. The summed E-state index contributed by atoms with van der Waals surface area (Å²) in [5.74, 6) is 0.951. The van der Waals surface area contributed by atoms with Crippen LogP contribution in [0.5, 0.6) is 0 Å². The van der Waals surface area contributed by atoms with Gasteiger partial charge in [-0.1, -0.05) is 32.6 Å². The zero-order valence-corrected chi connectivity index (χ0v) is 13.4. The van der Waals surface area contributed by atoms with Crippen molar-refractivity contribution in [2.24, 2.45) is 17.1 Å². The van der Waals surface area contributed by atoms with Crippen LogP contribution in [0.4, 0.5) is 0 Å². The van der Waals surface area contributed by atoms with Gasteiger partial charge in [0.1, 0.15) is 0 Å². The molecule has 2 saturated carbocycles. The van der Waals surface area contributed by atoms with Gasteiger partial charge < -0.3 is 5.73 Å². The van der Waals surface area contributed by atoms with Gasteiger partial charge in [0.15, 0.2) is 0 Å². The second-order valence-electron chi connectivity index (χ2n) is 7.94. The Balaban J connectivity index is 1.55. The third kappa shape index (κ3) is 3.06. The Labute approximate surface area is 125 Å². The minimum absolute atomic E-state index is 0.445. The van der Waals surface area contributed by atoms with Crippen LogP contribution in [0.15, 0.2) is 0 Å². The van der Waals surface area contributed by atoms with Crippen molar-refractivity contribution in [1.82, 2.24) is 4.90 Å². The van der Waals surface area contributed by atoms with Crippen LogP contribution in [0.1, 0.15) is 77.6 Å². The fraction of sp³-hybridized carbons (Fsp3) is 1.00. The highest BCUT2D eigenvalue weighted by Crippen LogP contribution is 2.47. The summed E-state index contributed by atoms with van der Waals surface area (Å²) < 4.78 is 0. The number of hydrogen-bond acceptors (Lipinski definition) is 2. The summed E-state index contributed by atoms with van der Waals surface area (Å²) in [6.07, 6.45) is 15.7. The lowest BCUT2D eigenvalue weighted by atomic mass is 9.74. The predicted octanol–water partition coefficient (Wildman–Crippen LogP) is 3.94. The summed E-state index contributed by atoms with van der Waals surface area (Å²) in [7, 11) is 0. The highest BCUT2D eigenvalue weighted by molar-refractivity contribution is 4.95. The Morgan fingerprint density at radius 2 is 1.75 bits per heavy atom. The molecule has 2 aliphatic carbocycles. The van der Waals surface area contributed by atoms with Gasteiger partial charge >= 0.3 is 0 Å². The molecule has 20 heavy (non-hydrogen) atoms. The third-order valence-electron chi connectivity index (χ3n) is 6.67. The maximum Gasteiger partial charge on any atom is 0.0249 e. The summed E-state index contributed by atoms with van der Waals surface area (Å²) in [4.78, 5) is 2.77. The number of nitrogens with two attached hydrogens (primary N) is 1. The van der Waals surface area contributed by atoms with Gasteiger partial charge in [-0.3, -0.25) is 4.90 Å². The standard InChI is InChI=1S/C18H34N2/c1-2-5-15-6-7-16(19)17(14-15)20-12-10-18(11-13-20)8-3-4-9-18/h15-17H,2-14,19H2,1H3. The average Bonchev–Trinajstić information content (AvgIpc) is 2.91. The van der Waals surface area contributed by atoms with Crippen LogP contribution < -0.4 is 5.73 Å². The van der Waals surface area contributed by atoms with E-state index in [0.29, 0.717) is 12.1 Å². The van der Waals surface area contributed by atoms with Gasteiger partial charge in [-0.15, -0.1) is 0 Å². The Kier molecular flexibility index (Phi) is 4.72. The highest BCUT2D eigenvalue weighted by Gasteiger charge is 2.40. The monoisotopic (exact) mass is 278 g/mol. The predicted molar refractivity (Wildman–Crippen MR) is 85.7 cm³/mol. The fourth-order valence-electron chi connectivity index (χ4n) is 5.30. The molecule has 1 saturated heterocycles. The first kappa shape index (κ1) is 14.8. The van der Waals surface area contributed by atoms with E-state index in [4.69, 9.17) is 5.73 Å². The van der Waals surface area contributed by atoms with Crippen molar-refractivity contribution in [2.75, 3.05) is 13.1 Å². The van der Waals surface area contributed by atoms with E-state index in [1.165, 1.54) is 83.7 Å². The maximum absolute atomic E-state index is 6.47. The van der Waals surface area contributed by atoms with E-state index < -0.39 is 0 Å². The molecule has 116 valence electrons. The first-order chi connectivity index (χ1) is 9.72. The van der Waals surface area contributed by atoms with Crippen LogP contribution in [-0.2, 0) is 0 Å². The highest BCUT2D eigenvalue weighted by atomic mass is 15.2. The van der Waals surface area contributed by atoms with E-state index in [2.05, 4.69) is 11.8 Å². The first-order valence-electron chi connectivity index (χ1n) is 9.22. The van der Waals surface area contributed by atoms with Gasteiger partial charge in [-0.25, -0.2) is 0 Å². The van der Waals surface area contributed by atoms with Gasteiger partial charge in [0, 0.05) is 12.1 Å². The van der Waals surface area contributed by atoms with Crippen LogP contribution in [0, 0.1) is 11.3 Å². The molecular formula is C18H34N2. The fourth-order valence-corrected chi connectivity index (χ4v) is 5.30. The van der Waals surface area contributed by atoms with Crippen molar-refractivity contribution in [2.45, 2.75) is 89.6 Å². The lowest BCUT2D eigenvalue weighted by Crippen LogP contribution is -2.54. The van der Waals surface area contributed by atoms with Crippen LogP contribution in [0.3, 0.4) is 0 Å². The zero-order chi connectivity index (χ0) is 14.0. The number of hydrogen-bond donors (Lipinski definition) is 1. The van der Waals surface area contributed by atoms with Crippen LogP contribution in [0.2, 0.25) is 0 Å². The molecular weight excluding hydrogens is 244 g/mol. The van der Waals surface area contributed by atoms with Crippen molar-refractivity contribution in [3.05, 3.63) is 0 Å². The van der Waals surface area contributed by atoms with E-state index in [1.807, 2.05) is 0 Å². The minimum atomic E-state index is 0.445. The summed E-state index contributed by atoms with van der Waals surface area (Å²) in [5, 5.41) is 0. The Morgan fingerprint density at radius 1 is 1.05 bits per heavy atom. The number of piperidine rings is 1. The van der Waals surface area contributed by atoms with Crippen molar-refractivity contribution in [1.29, 1.82) is 0 Å². The van der Waals surface area contributed by atoms with Crippen LogP contribution >= 0.6 is 0 Å². The molecule has 2 nitrogen and oxygen atoms in total. The zero-order valence-electron chi connectivity index (χ0n) is 13.4. The summed E-state index contributed by atoms with van der Waals surface area (Å²) in [5.41, 5.74) is 7.22. The molecule has 3 fully saturated rings. The molecule has 0 aromatic rings. The van der Waals surface area contributed by atoms with Gasteiger partial charge in [-0.2, -0.15) is 0 Å². The molecule has 1 spiro atoms. The molecule has 1 heterocycles. The second-order valence-corrected chi connectivity index (χ2v) is 7.94. The molecule has 3 aliphatic rings. The summed E-state index contributed by atoms with van der Waals surface area (Å²) in [6.45, 7) is 4.99. The van der Waals surface area contributed by atoms with Crippen LogP contribution in [0.25, 0.3) is 0 Å². The lowest BCUT2D eigenvalue weighted by molar-refractivity contribution is 0.0409. The SMILES string of the molecule is CCCC1CCC(N)C(N2CCC3(CCCC3)CC2)C1. The van der Waals surface area contributed by atoms with Gasteiger partial charge in [0.05, 0.1) is 0 Å². The van der Waals surface area contributed by atoms with Crippen molar-refractivity contribution in [3.8, 4) is 0 Å². The average molecular weight is 278 g/mol. The Morgan fingerprint density at radius 3 is 2.40 bits per heavy atom. The quantitative estimate of drug-likeness (QED) is 0.847. The molecule has 0 aromatic carbocycles. The second kappa shape index (κ2) is 6.36. The number of rotatable bonds is 3. The normalized spacial score (nSPS) is 38.4. The largest absolute Gasteiger partial charge is 0.326 e. The number of likely N-dealkylation sites (tertiary alicyclic amines) is 1. The molecule has 2 N–H and O–H groups in total. The minimum Gasteiger partial charge on any atom is -0.326 e. The molecule has 0 amide bonds. The molecule has 3 atom stereocenters. The molecule has 0 bridgehead atoms. The molecule has 3 unspecified atom stereocenters. The van der Waals surface area contributed by atoms with Crippen molar-refractivity contribution in [3.63, 3.8) is 0 Å². The summed E-state index contributed by atoms with van der Waals surface area (Å²) in [6, 6.07) is 1.14. The molecule has 3 rings (SSSR count). The van der Waals surface area contributed by atoms with Crippen molar-refractivity contribution < 1.29 is 0 Å². The summed E-state index contributed by atoms with van der Waals surface area (Å²) >= 11 is 0. The van der Waals surface area contributed by atoms with Crippen molar-refractivity contribution >= 4 is 0 Å². The Hall–Kier alpha value is -0.0800. The first-order valence-corrected chi connectivity index (χ1v) is 9.22. The smallest absolute Gasteiger partial charge is 0.0249 e. The van der Waals surface area contributed by atoms with Crippen LogP contribution in [-0.4, -0.2) is 30.1 Å². The van der Waals surface area contributed by atoms with E-state index in [-0.39, 0.29) is 0 Å². The van der Waals surface area contributed by atoms with Gasteiger partial charge in [0.25, 0.3) is 0 Å². The van der Waals surface area contributed by atoms with E-state index in [0.717, 1.165) is 11.3 Å². The third-order valence-corrected chi connectivity index (χ3v) is 6.67. The topological polar surface area (TPSA) is 29.3 Å². The molecule has 1 aliphatic heterocycles. The van der Waals surface area contributed by atoms with E-state index in [9.17, 15) is 0 Å². The molecule has 0 aromatic heterocycles. The van der Waals surface area contributed by atoms with E-state index in [1.54, 1.807) is 0 Å². The van der Waals surface area contributed by atoms with Gasteiger partial charge in [0.2, 0.25) is 0 Å². The van der Waals surface area contributed by atoms with Gasteiger partial charge in [-0.05, 0) is 69.4 Å².